The molecule has 0 aromatic carbocycles. The highest BCUT2D eigenvalue weighted by Gasteiger charge is 2.19. The summed E-state index contributed by atoms with van der Waals surface area (Å²) in [7, 11) is 0. The van der Waals surface area contributed by atoms with E-state index < -0.39 is 0 Å². The van der Waals surface area contributed by atoms with Gasteiger partial charge in [-0.2, -0.15) is 9.78 Å². The van der Waals surface area contributed by atoms with Crippen LogP contribution in [0.25, 0.3) is 16.5 Å². The summed E-state index contributed by atoms with van der Waals surface area (Å²) >= 11 is 1.57. The van der Waals surface area contributed by atoms with Crippen LogP contribution in [0.4, 0.5) is 5.82 Å². The van der Waals surface area contributed by atoms with Crippen molar-refractivity contribution in [2.45, 2.75) is 51.9 Å². The summed E-state index contributed by atoms with van der Waals surface area (Å²) in [5, 5.41) is 9.56. The molecule has 1 saturated carbocycles. The fourth-order valence-electron chi connectivity index (χ4n) is 3.79. The minimum Gasteiger partial charge on any atom is -0.310 e. The van der Waals surface area contributed by atoms with Gasteiger partial charge in [-0.1, -0.05) is 38.7 Å². The maximum absolute atomic E-state index is 12.6. The van der Waals surface area contributed by atoms with Crippen LogP contribution in [0.15, 0.2) is 34.4 Å². The van der Waals surface area contributed by atoms with Crippen molar-refractivity contribution in [1.82, 2.24) is 19.7 Å². The second-order valence-corrected chi connectivity index (χ2v) is 8.40. The molecule has 8 heteroatoms. The van der Waals surface area contributed by atoms with E-state index >= 15 is 0 Å². The Kier molecular flexibility index (Phi) is 5.89. The fourth-order valence-corrected chi connectivity index (χ4v) is 4.47. The molecule has 0 radical (unpaired) electrons. The van der Waals surface area contributed by atoms with Gasteiger partial charge in [-0.25, -0.2) is 4.98 Å². The van der Waals surface area contributed by atoms with Gasteiger partial charge in [0.05, 0.1) is 4.88 Å². The van der Waals surface area contributed by atoms with Crippen LogP contribution in [0.3, 0.4) is 0 Å². The van der Waals surface area contributed by atoms with E-state index in [-0.39, 0.29) is 11.5 Å². The Morgan fingerprint density at radius 2 is 2.17 bits per heavy atom. The van der Waals surface area contributed by atoms with Gasteiger partial charge in [-0.05, 0) is 30.2 Å². The molecule has 1 fully saturated rings. The van der Waals surface area contributed by atoms with E-state index in [1.54, 1.807) is 11.3 Å². The quantitative estimate of drug-likeness (QED) is 0.611. The van der Waals surface area contributed by atoms with Crippen LogP contribution in [-0.2, 0) is 11.2 Å². The van der Waals surface area contributed by atoms with Crippen molar-refractivity contribution in [2.24, 2.45) is 5.92 Å². The largest absolute Gasteiger partial charge is 0.310 e. The third kappa shape index (κ3) is 4.64. The normalized spacial score (nSPS) is 14.4. The van der Waals surface area contributed by atoms with E-state index in [1.807, 2.05) is 30.5 Å². The van der Waals surface area contributed by atoms with Crippen LogP contribution in [-0.4, -0.2) is 25.7 Å². The second-order valence-electron chi connectivity index (χ2n) is 7.46. The summed E-state index contributed by atoms with van der Waals surface area (Å²) in [6.45, 7) is 1.94. The second kappa shape index (κ2) is 8.73. The summed E-state index contributed by atoms with van der Waals surface area (Å²) in [6.07, 6.45) is 7.04. The molecule has 3 aromatic heterocycles. The van der Waals surface area contributed by atoms with Crippen LogP contribution < -0.4 is 10.9 Å². The highest BCUT2D eigenvalue weighted by atomic mass is 32.1. The number of rotatable bonds is 7. The van der Waals surface area contributed by atoms with Crippen LogP contribution in [0.1, 0.15) is 51.1 Å². The molecule has 1 amide bonds. The lowest BCUT2D eigenvalue weighted by Gasteiger charge is -2.10. The number of aromatic nitrogens is 4. The Balaban J connectivity index is 1.62. The van der Waals surface area contributed by atoms with E-state index in [2.05, 4.69) is 20.4 Å². The Morgan fingerprint density at radius 3 is 2.90 bits per heavy atom. The first-order valence-corrected chi connectivity index (χ1v) is 11.0. The predicted molar refractivity (Wildman–Crippen MR) is 114 cm³/mol. The summed E-state index contributed by atoms with van der Waals surface area (Å²) in [5.41, 5.74) is 1.17. The number of carbonyl (C=O) groups excluding carboxylic acids is 1. The smallest absolute Gasteiger partial charge is 0.252 e. The van der Waals surface area contributed by atoms with Crippen molar-refractivity contribution < 1.29 is 4.79 Å². The third-order valence-electron chi connectivity index (χ3n) is 5.35. The first-order valence-electron chi connectivity index (χ1n) is 10.2. The number of aromatic amines is 1. The number of anilines is 1. The third-order valence-corrected chi connectivity index (χ3v) is 6.24. The molecule has 2 N–H and O–H groups in total. The lowest BCUT2D eigenvalue weighted by molar-refractivity contribution is -0.116. The molecule has 152 valence electrons. The fraction of sp³-hybridized carbons (Fsp3) is 0.429. The number of hydrogen-bond donors (Lipinski definition) is 2. The molecular formula is C21H25N5O2S. The average molecular weight is 412 g/mol. The zero-order valence-electron chi connectivity index (χ0n) is 16.5. The highest BCUT2D eigenvalue weighted by molar-refractivity contribution is 7.13. The average Bonchev–Trinajstić information content (AvgIpc) is 3.46. The summed E-state index contributed by atoms with van der Waals surface area (Å²) < 4.78 is 1.52. The van der Waals surface area contributed by atoms with Gasteiger partial charge in [-0.3, -0.25) is 14.6 Å². The van der Waals surface area contributed by atoms with E-state index in [0.29, 0.717) is 36.2 Å². The van der Waals surface area contributed by atoms with Crippen molar-refractivity contribution in [3.63, 3.8) is 0 Å². The first-order chi connectivity index (χ1) is 14.1. The van der Waals surface area contributed by atoms with Gasteiger partial charge in [0.2, 0.25) is 11.9 Å². The van der Waals surface area contributed by atoms with Gasteiger partial charge in [0.1, 0.15) is 11.5 Å². The molecule has 1 aliphatic carbocycles. The molecule has 29 heavy (non-hydrogen) atoms. The molecule has 3 aromatic rings. The van der Waals surface area contributed by atoms with E-state index in [9.17, 15) is 9.59 Å². The summed E-state index contributed by atoms with van der Waals surface area (Å²) in [5.74, 6) is 1.45. The van der Waals surface area contributed by atoms with E-state index in [1.165, 1.54) is 36.4 Å². The van der Waals surface area contributed by atoms with E-state index in [4.69, 9.17) is 0 Å². The lowest BCUT2D eigenvalue weighted by Crippen LogP contribution is -2.19. The molecule has 4 rings (SSSR count). The molecule has 0 bridgehead atoms. The van der Waals surface area contributed by atoms with Gasteiger partial charge in [0.25, 0.3) is 5.56 Å². The number of H-pyrrole nitrogens is 1. The van der Waals surface area contributed by atoms with Crippen molar-refractivity contribution in [1.29, 1.82) is 0 Å². The first kappa shape index (κ1) is 19.6. The number of aryl methyl sites for hydroxylation is 1. The molecule has 0 atom stereocenters. The van der Waals surface area contributed by atoms with Gasteiger partial charge in [0, 0.05) is 24.2 Å². The number of nitrogens with zero attached hydrogens (tertiary/aromatic N) is 3. The van der Waals surface area contributed by atoms with Crippen LogP contribution in [0.5, 0.6) is 0 Å². The molecular weight excluding hydrogens is 386 g/mol. The van der Waals surface area contributed by atoms with Crippen molar-refractivity contribution in [3.05, 3.63) is 45.7 Å². The SMILES string of the molecule is CCc1cc(=O)[nH]c(-n2nc(-c3cccs3)cc2NC(=O)CCC2CCCC2)n1. The Labute approximate surface area is 173 Å². The van der Waals surface area contributed by atoms with Gasteiger partial charge >= 0.3 is 0 Å². The summed E-state index contributed by atoms with van der Waals surface area (Å²) in [6, 6.07) is 7.24. The topological polar surface area (TPSA) is 92.7 Å². The van der Waals surface area contributed by atoms with Gasteiger partial charge in [0.15, 0.2) is 0 Å². The zero-order chi connectivity index (χ0) is 20.2. The maximum Gasteiger partial charge on any atom is 0.252 e. The number of thiophene rings is 1. The van der Waals surface area contributed by atoms with Crippen LogP contribution >= 0.6 is 11.3 Å². The minimum atomic E-state index is -0.237. The van der Waals surface area contributed by atoms with Crippen LogP contribution in [0.2, 0.25) is 0 Å². The molecule has 0 saturated heterocycles. The Hall–Kier alpha value is -2.74. The monoisotopic (exact) mass is 411 g/mol. The van der Waals surface area contributed by atoms with Crippen molar-refractivity contribution in [3.8, 4) is 16.5 Å². The molecule has 0 spiro atoms. The molecule has 1 aliphatic rings. The predicted octanol–water partition coefficient (Wildman–Crippen LogP) is 4.16. The molecule has 3 heterocycles. The molecule has 7 nitrogen and oxygen atoms in total. The van der Waals surface area contributed by atoms with Gasteiger partial charge < -0.3 is 5.32 Å². The number of carbonyl (C=O) groups is 1. The summed E-state index contributed by atoms with van der Waals surface area (Å²) in [4.78, 5) is 32.8. The van der Waals surface area contributed by atoms with Gasteiger partial charge in [-0.15, -0.1) is 11.3 Å². The Bertz CT molecular complexity index is 1030. The van der Waals surface area contributed by atoms with Crippen molar-refractivity contribution in [2.75, 3.05) is 5.32 Å². The number of amides is 1. The number of hydrogen-bond acceptors (Lipinski definition) is 5. The van der Waals surface area contributed by atoms with E-state index in [0.717, 1.165) is 17.0 Å². The molecule has 0 unspecified atom stereocenters. The van der Waals surface area contributed by atoms with Crippen molar-refractivity contribution >= 4 is 23.1 Å². The van der Waals surface area contributed by atoms with Crippen LogP contribution in [0, 0.1) is 5.92 Å². The Morgan fingerprint density at radius 1 is 1.34 bits per heavy atom. The maximum atomic E-state index is 12.6. The zero-order valence-corrected chi connectivity index (χ0v) is 17.3. The number of nitrogens with one attached hydrogen (secondary N) is 2. The molecule has 0 aliphatic heterocycles. The lowest BCUT2D eigenvalue weighted by atomic mass is 10.0. The minimum absolute atomic E-state index is 0.0372. The highest BCUT2D eigenvalue weighted by Crippen LogP contribution is 2.30. The standard InChI is InChI=1S/C21H25N5O2S/c1-2-15-12-20(28)24-21(22-15)26-18(13-16(25-26)17-8-5-11-29-17)23-19(27)10-9-14-6-3-4-7-14/h5,8,11-14H,2-4,6-7,9-10H2,1H3,(H,23,27)(H,22,24,28).